The minimum Gasteiger partial charge on any atom is -0.399 e. The van der Waals surface area contributed by atoms with Crippen molar-refractivity contribution in [3.05, 3.63) is 48.0 Å². The Morgan fingerprint density at radius 2 is 1.88 bits per heavy atom. The molecule has 3 rings (SSSR count). The van der Waals surface area contributed by atoms with Crippen molar-refractivity contribution in [2.75, 3.05) is 17.6 Å². The Morgan fingerprint density at radius 3 is 2.75 bits per heavy atom. The normalized spacial score (nSPS) is 13.2. The Hall–Kier alpha value is -1.96. The van der Waals surface area contributed by atoms with Gasteiger partial charge in [-0.2, -0.15) is 0 Å². The maximum atomic E-state index is 5.80. The van der Waals surface area contributed by atoms with Gasteiger partial charge in [0.15, 0.2) is 0 Å². The van der Waals surface area contributed by atoms with Crippen molar-refractivity contribution in [3.8, 4) is 11.1 Å². The molecule has 0 atom stereocenters. The fourth-order valence-electron chi connectivity index (χ4n) is 2.20. The van der Waals surface area contributed by atoms with Crippen molar-refractivity contribution in [2.45, 2.75) is 6.42 Å². The van der Waals surface area contributed by atoms with Gasteiger partial charge in [0.25, 0.3) is 0 Å². The maximum Gasteiger partial charge on any atom is 0.0373 e. The van der Waals surface area contributed by atoms with Crippen LogP contribution in [-0.4, -0.2) is 6.54 Å². The Bertz CT molecular complexity index is 532. The van der Waals surface area contributed by atoms with Gasteiger partial charge in [-0.1, -0.05) is 18.2 Å². The molecule has 16 heavy (non-hydrogen) atoms. The van der Waals surface area contributed by atoms with Gasteiger partial charge < -0.3 is 11.1 Å². The smallest absolute Gasteiger partial charge is 0.0373 e. The molecule has 0 unspecified atom stereocenters. The second-order valence-electron chi connectivity index (χ2n) is 4.17. The van der Waals surface area contributed by atoms with Crippen LogP contribution in [-0.2, 0) is 6.42 Å². The first-order valence-electron chi connectivity index (χ1n) is 5.56. The van der Waals surface area contributed by atoms with Crippen LogP contribution in [0.2, 0.25) is 0 Å². The molecule has 0 amide bonds. The van der Waals surface area contributed by atoms with E-state index < -0.39 is 0 Å². The molecule has 0 saturated heterocycles. The summed E-state index contributed by atoms with van der Waals surface area (Å²) in [7, 11) is 0. The molecule has 2 nitrogen and oxygen atoms in total. The third kappa shape index (κ3) is 1.52. The van der Waals surface area contributed by atoms with E-state index in [0.717, 1.165) is 18.7 Å². The van der Waals surface area contributed by atoms with E-state index in [1.807, 2.05) is 18.2 Å². The topological polar surface area (TPSA) is 38.0 Å². The van der Waals surface area contributed by atoms with Gasteiger partial charge in [-0.05, 0) is 47.4 Å². The number of nitrogen functional groups attached to an aromatic ring is 1. The van der Waals surface area contributed by atoms with Gasteiger partial charge in [-0.25, -0.2) is 0 Å². The lowest BCUT2D eigenvalue weighted by molar-refractivity contribution is 1.11. The molecule has 1 aliphatic rings. The second kappa shape index (κ2) is 3.56. The second-order valence-corrected chi connectivity index (χ2v) is 4.17. The van der Waals surface area contributed by atoms with Crippen LogP contribution in [0.25, 0.3) is 11.1 Å². The van der Waals surface area contributed by atoms with E-state index >= 15 is 0 Å². The monoisotopic (exact) mass is 210 g/mol. The van der Waals surface area contributed by atoms with E-state index in [1.165, 1.54) is 22.4 Å². The molecule has 1 heterocycles. The van der Waals surface area contributed by atoms with Crippen LogP contribution in [0.1, 0.15) is 5.56 Å². The van der Waals surface area contributed by atoms with Crippen molar-refractivity contribution in [3.63, 3.8) is 0 Å². The highest BCUT2D eigenvalue weighted by Gasteiger charge is 2.10. The van der Waals surface area contributed by atoms with E-state index in [-0.39, 0.29) is 0 Å². The number of hydrogen-bond donors (Lipinski definition) is 2. The molecule has 0 spiro atoms. The fourth-order valence-corrected chi connectivity index (χ4v) is 2.20. The molecule has 0 saturated carbocycles. The van der Waals surface area contributed by atoms with Crippen LogP contribution >= 0.6 is 0 Å². The zero-order valence-electron chi connectivity index (χ0n) is 9.03. The largest absolute Gasteiger partial charge is 0.399 e. The van der Waals surface area contributed by atoms with Gasteiger partial charge in [0.05, 0.1) is 0 Å². The van der Waals surface area contributed by atoms with Crippen LogP contribution in [0.3, 0.4) is 0 Å². The molecule has 0 aliphatic carbocycles. The summed E-state index contributed by atoms with van der Waals surface area (Å²) in [5, 5.41) is 3.37. The summed E-state index contributed by atoms with van der Waals surface area (Å²) in [5.74, 6) is 0. The van der Waals surface area contributed by atoms with E-state index in [4.69, 9.17) is 5.73 Å². The van der Waals surface area contributed by atoms with E-state index in [1.54, 1.807) is 0 Å². The van der Waals surface area contributed by atoms with Crippen LogP contribution in [0.15, 0.2) is 42.5 Å². The lowest BCUT2D eigenvalue weighted by Gasteiger charge is -2.05. The van der Waals surface area contributed by atoms with Crippen LogP contribution in [0.4, 0.5) is 11.4 Å². The summed E-state index contributed by atoms with van der Waals surface area (Å²) in [4.78, 5) is 0. The lowest BCUT2D eigenvalue weighted by atomic mass is 10.0. The van der Waals surface area contributed by atoms with E-state index in [9.17, 15) is 0 Å². The third-order valence-electron chi connectivity index (χ3n) is 3.03. The summed E-state index contributed by atoms with van der Waals surface area (Å²) >= 11 is 0. The number of fused-ring (bicyclic) bond motifs is 1. The van der Waals surface area contributed by atoms with Crippen LogP contribution in [0, 0.1) is 0 Å². The Labute approximate surface area is 95.1 Å². The van der Waals surface area contributed by atoms with Gasteiger partial charge in [0, 0.05) is 17.9 Å². The average molecular weight is 210 g/mol. The highest BCUT2D eigenvalue weighted by molar-refractivity contribution is 5.71. The van der Waals surface area contributed by atoms with Gasteiger partial charge in [0.2, 0.25) is 0 Å². The quantitative estimate of drug-likeness (QED) is 0.710. The number of anilines is 2. The number of benzene rings is 2. The first-order valence-corrected chi connectivity index (χ1v) is 5.56. The molecule has 0 fully saturated rings. The van der Waals surface area contributed by atoms with Crippen molar-refractivity contribution < 1.29 is 0 Å². The Kier molecular flexibility index (Phi) is 2.07. The van der Waals surface area contributed by atoms with E-state index in [2.05, 4.69) is 29.6 Å². The first kappa shape index (κ1) is 9.28. The Balaban J connectivity index is 2.07. The molecular formula is C14H14N2. The Morgan fingerprint density at radius 1 is 1.00 bits per heavy atom. The molecule has 2 aromatic carbocycles. The van der Waals surface area contributed by atoms with Crippen molar-refractivity contribution in [1.82, 2.24) is 0 Å². The van der Waals surface area contributed by atoms with Crippen molar-refractivity contribution >= 4 is 11.4 Å². The molecular weight excluding hydrogens is 196 g/mol. The zero-order valence-corrected chi connectivity index (χ0v) is 9.03. The minimum absolute atomic E-state index is 0.816. The van der Waals surface area contributed by atoms with Gasteiger partial charge in [-0.15, -0.1) is 0 Å². The highest BCUT2D eigenvalue weighted by atomic mass is 14.9. The molecule has 2 heteroatoms. The standard InChI is InChI=1S/C14H14N2/c15-13-3-1-2-10(9-13)11-4-5-14-12(8-11)6-7-16-14/h1-5,8-9,16H,6-7,15H2. The molecule has 0 radical (unpaired) electrons. The summed E-state index contributed by atoms with van der Waals surface area (Å²) in [6.07, 6.45) is 1.12. The van der Waals surface area contributed by atoms with Crippen molar-refractivity contribution in [1.29, 1.82) is 0 Å². The van der Waals surface area contributed by atoms with E-state index in [0.29, 0.717) is 0 Å². The SMILES string of the molecule is Nc1cccc(-c2ccc3c(c2)CCN3)c1. The molecule has 0 bridgehead atoms. The summed E-state index contributed by atoms with van der Waals surface area (Å²) in [6.45, 7) is 1.05. The number of hydrogen-bond acceptors (Lipinski definition) is 2. The molecule has 0 aromatic heterocycles. The van der Waals surface area contributed by atoms with Gasteiger partial charge in [-0.3, -0.25) is 0 Å². The maximum absolute atomic E-state index is 5.80. The third-order valence-corrected chi connectivity index (χ3v) is 3.03. The summed E-state index contributed by atoms with van der Waals surface area (Å²) < 4.78 is 0. The lowest BCUT2D eigenvalue weighted by Crippen LogP contribution is -1.90. The predicted octanol–water partition coefficient (Wildman–Crippen LogP) is 2.90. The number of nitrogens with one attached hydrogen (secondary N) is 1. The number of nitrogens with two attached hydrogens (primary N) is 1. The predicted molar refractivity (Wildman–Crippen MR) is 68.5 cm³/mol. The molecule has 1 aliphatic heterocycles. The number of rotatable bonds is 1. The molecule has 80 valence electrons. The minimum atomic E-state index is 0.816. The van der Waals surface area contributed by atoms with Gasteiger partial charge >= 0.3 is 0 Å². The van der Waals surface area contributed by atoms with Crippen molar-refractivity contribution in [2.24, 2.45) is 0 Å². The molecule has 2 aromatic rings. The zero-order chi connectivity index (χ0) is 11.0. The summed E-state index contributed by atoms with van der Waals surface area (Å²) in [5.41, 5.74) is 11.7. The van der Waals surface area contributed by atoms with Gasteiger partial charge in [0.1, 0.15) is 0 Å². The summed E-state index contributed by atoms with van der Waals surface area (Å²) in [6, 6.07) is 14.6. The highest BCUT2D eigenvalue weighted by Crippen LogP contribution is 2.29. The fraction of sp³-hybridized carbons (Fsp3) is 0.143. The first-order chi connectivity index (χ1) is 7.83. The van der Waals surface area contributed by atoms with Crippen LogP contribution < -0.4 is 11.1 Å². The molecule has 3 N–H and O–H groups in total. The average Bonchev–Trinajstić information content (AvgIpc) is 2.75. The van der Waals surface area contributed by atoms with Crippen LogP contribution in [0.5, 0.6) is 0 Å².